The Hall–Kier alpha value is -2.46. The fraction of sp³-hybridized carbons (Fsp3) is 0. The Morgan fingerprint density at radius 2 is 1.75 bits per heavy atom. The summed E-state index contributed by atoms with van der Waals surface area (Å²) in [5.41, 5.74) is 0.759. The Kier molecular flexibility index (Phi) is 3.08. The van der Waals surface area contributed by atoms with Gasteiger partial charge in [0.1, 0.15) is 0 Å². The van der Waals surface area contributed by atoms with E-state index in [9.17, 15) is 10.0 Å². The first kappa shape index (κ1) is 12.6. The quantitative estimate of drug-likeness (QED) is 0.510. The van der Waals surface area contributed by atoms with Crippen molar-refractivity contribution in [2.24, 2.45) is 0 Å². The van der Waals surface area contributed by atoms with Crippen molar-refractivity contribution in [3.05, 3.63) is 75.3 Å². The lowest BCUT2D eigenvalue weighted by atomic mass is 10.1. The van der Waals surface area contributed by atoms with Gasteiger partial charge in [-0.3, -0.25) is 4.79 Å². The van der Waals surface area contributed by atoms with Gasteiger partial charge in [-0.25, -0.2) is 4.98 Å². The van der Waals surface area contributed by atoms with Crippen molar-refractivity contribution in [1.82, 2.24) is 4.98 Å². The van der Waals surface area contributed by atoms with Crippen molar-refractivity contribution in [1.29, 1.82) is 0 Å². The lowest BCUT2D eigenvalue weighted by molar-refractivity contribution is -0.592. The summed E-state index contributed by atoms with van der Waals surface area (Å²) in [7, 11) is 0. The molecule has 0 aliphatic carbocycles. The van der Waals surface area contributed by atoms with Crippen LogP contribution in [-0.4, -0.2) is 4.98 Å². The van der Waals surface area contributed by atoms with Crippen molar-refractivity contribution in [3.63, 3.8) is 0 Å². The van der Waals surface area contributed by atoms with Crippen molar-refractivity contribution in [2.45, 2.75) is 0 Å². The lowest BCUT2D eigenvalue weighted by Gasteiger charge is -2.05. The number of fused-ring (bicyclic) bond motifs is 1. The molecule has 4 nitrogen and oxygen atoms in total. The number of para-hydroxylation sites is 1. The van der Waals surface area contributed by atoms with Crippen molar-refractivity contribution in [2.75, 3.05) is 0 Å². The molecule has 0 amide bonds. The van der Waals surface area contributed by atoms with Gasteiger partial charge in [0.25, 0.3) is 0 Å². The van der Waals surface area contributed by atoms with E-state index in [0.29, 0.717) is 31.9 Å². The molecule has 5 heteroatoms. The average molecular weight is 285 g/mol. The van der Waals surface area contributed by atoms with Crippen LogP contribution in [0.2, 0.25) is 5.02 Å². The zero-order valence-corrected chi connectivity index (χ0v) is 11.0. The molecule has 0 radical (unpaired) electrons. The van der Waals surface area contributed by atoms with E-state index in [2.05, 4.69) is 4.98 Å². The molecule has 98 valence electrons. The lowest BCUT2D eigenvalue weighted by Crippen LogP contribution is -2.30. The third kappa shape index (κ3) is 2.10. The summed E-state index contributed by atoms with van der Waals surface area (Å²) in [5, 5.41) is 13.3. The third-order valence-electron chi connectivity index (χ3n) is 2.97. The third-order valence-corrected chi connectivity index (χ3v) is 3.30. The van der Waals surface area contributed by atoms with Crippen LogP contribution in [0, 0.1) is 5.21 Å². The van der Waals surface area contributed by atoms with Crippen LogP contribution in [0.3, 0.4) is 0 Å². The maximum absolute atomic E-state index is 12.2. The zero-order chi connectivity index (χ0) is 14.1. The normalized spacial score (nSPS) is 10.7. The molecule has 3 aromatic rings. The van der Waals surface area contributed by atoms with Gasteiger partial charge in [-0.2, -0.15) is 4.73 Å². The number of nitrogens with zero attached hydrogens (tertiary/aromatic N) is 2. The van der Waals surface area contributed by atoms with E-state index in [-0.39, 0.29) is 0 Å². The molecule has 3 rings (SSSR count). The van der Waals surface area contributed by atoms with Gasteiger partial charge in [-0.15, -0.1) is 0 Å². The minimum Gasteiger partial charge on any atom is -0.618 e. The molecule has 0 aliphatic heterocycles. The van der Waals surface area contributed by atoms with Crippen LogP contribution in [0.1, 0.15) is 0 Å². The molecular formula is C15H9ClN2O2. The van der Waals surface area contributed by atoms with E-state index >= 15 is 0 Å². The summed E-state index contributed by atoms with van der Waals surface area (Å²) in [5.74, 6) is 0. The first-order chi connectivity index (χ1) is 9.66. The Morgan fingerprint density at radius 3 is 2.55 bits per heavy atom. The summed E-state index contributed by atoms with van der Waals surface area (Å²) >= 11 is 6.16. The molecule has 0 bridgehead atoms. The van der Waals surface area contributed by atoms with Crippen LogP contribution in [0.4, 0.5) is 0 Å². The Morgan fingerprint density at radius 1 is 1.05 bits per heavy atom. The first-order valence-electron chi connectivity index (χ1n) is 5.95. The van der Waals surface area contributed by atoms with E-state index in [1.165, 1.54) is 0 Å². The van der Waals surface area contributed by atoms with Gasteiger partial charge < -0.3 is 5.21 Å². The second-order valence-corrected chi connectivity index (χ2v) is 4.66. The van der Waals surface area contributed by atoms with Gasteiger partial charge in [-0.05, 0) is 24.3 Å². The fourth-order valence-electron chi connectivity index (χ4n) is 2.12. The highest BCUT2D eigenvalue weighted by Gasteiger charge is 2.16. The maximum atomic E-state index is 12.2. The van der Waals surface area contributed by atoms with Gasteiger partial charge in [0.15, 0.2) is 0 Å². The molecule has 2 aromatic carbocycles. The summed E-state index contributed by atoms with van der Waals surface area (Å²) in [4.78, 5) is 15.5. The molecule has 1 aromatic heterocycles. The van der Waals surface area contributed by atoms with Crippen LogP contribution < -0.4 is 10.3 Å². The predicted molar refractivity (Wildman–Crippen MR) is 77.4 cm³/mol. The highest BCUT2D eigenvalue weighted by molar-refractivity contribution is 6.33. The minimum atomic E-state index is -0.588. The number of hydrogen-bond donors (Lipinski definition) is 0. The number of benzene rings is 2. The number of rotatable bonds is 1. The Balaban J connectivity index is 2.54. The van der Waals surface area contributed by atoms with Crippen LogP contribution in [0.25, 0.3) is 22.2 Å². The fourth-order valence-corrected chi connectivity index (χ4v) is 2.34. The summed E-state index contributed by atoms with van der Waals surface area (Å²) in [6.07, 6.45) is 0.915. The number of aromatic nitrogens is 2. The molecule has 0 fully saturated rings. The topological polar surface area (TPSA) is 56.9 Å². The maximum Gasteiger partial charge on any atom is 0.335 e. The predicted octanol–water partition coefficient (Wildman–Crippen LogP) is 2.55. The zero-order valence-electron chi connectivity index (χ0n) is 10.3. The number of halogens is 1. The molecule has 0 atom stereocenters. The summed E-state index contributed by atoms with van der Waals surface area (Å²) < 4.78 is 0.527. The highest BCUT2D eigenvalue weighted by Crippen LogP contribution is 2.29. The molecule has 0 spiro atoms. The molecular weight excluding hydrogens is 276 g/mol. The molecule has 0 saturated carbocycles. The smallest absolute Gasteiger partial charge is 0.335 e. The van der Waals surface area contributed by atoms with Crippen molar-refractivity contribution in [3.8, 4) is 11.3 Å². The van der Waals surface area contributed by atoms with Crippen LogP contribution >= 0.6 is 11.6 Å². The van der Waals surface area contributed by atoms with E-state index in [0.717, 1.165) is 6.20 Å². The second kappa shape index (κ2) is 4.90. The van der Waals surface area contributed by atoms with Crippen LogP contribution in [0.5, 0.6) is 0 Å². The summed E-state index contributed by atoms with van der Waals surface area (Å²) in [6, 6.07) is 14.0. The highest BCUT2D eigenvalue weighted by atomic mass is 35.5. The molecule has 1 heterocycles. The SMILES string of the molecule is O=c1c[n+]([O-])c(-c2ccccc2Cl)c2ccccc2n1. The van der Waals surface area contributed by atoms with Gasteiger partial charge in [-0.1, -0.05) is 35.9 Å². The molecule has 20 heavy (non-hydrogen) atoms. The first-order valence-corrected chi connectivity index (χ1v) is 6.33. The second-order valence-electron chi connectivity index (χ2n) is 4.25. The van der Waals surface area contributed by atoms with Crippen molar-refractivity contribution >= 4 is 22.5 Å². The van der Waals surface area contributed by atoms with Gasteiger partial charge >= 0.3 is 5.56 Å². The molecule has 0 N–H and O–H groups in total. The van der Waals surface area contributed by atoms with Crippen LogP contribution in [-0.2, 0) is 0 Å². The average Bonchev–Trinajstić information content (AvgIpc) is 2.54. The van der Waals surface area contributed by atoms with E-state index in [1.54, 1.807) is 48.5 Å². The number of hydrogen-bond acceptors (Lipinski definition) is 3. The van der Waals surface area contributed by atoms with Crippen LogP contribution in [0.15, 0.2) is 59.5 Å². The Labute approximate surface area is 119 Å². The van der Waals surface area contributed by atoms with Gasteiger partial charge in [0, 0.05) is 0 Å². The summed E-state index contributed by atoms with van der Waals surface area (Å²) in [6.45, 7) is 0. The van der Waals surface area contributed by atoms with E-state index in [1.807, 2.05) is 0 Å². The molecule has 0 aliphatic rings. The minimum absolute atomic E-state index is 0.320. The molecule has 0 saturated heterocycles. The largest absolute Gasteiger partial charge is 0.618 e. The monoisotopic (exact) mass is 284 g/mol. The standard InChI is InChI=1S/C15H9ClN2O2/c16-12-7-3-1-5-10(12)15-11-6-2-4-8-13(11)17-14(19)9-18(15)20/h1-9H. The molecule has 0 unspecified atom stereocenters. The van der Waals surface area contributed by atoms with Crippen molar-refractivity contribution < 1.29 is 4.73 Å². The van der Waals surface area contributed by atoms with E-state index in [4.69, 9.17) is 11.6 Å². The van der Waals surface area contributed by atoms with Gasteiger partial charge in [0.2, 0.25) is 11.9 Å². The van der Waals surface area contributed by atoms with E-state index < -0.39 is 5.56 Å². The Bertz CT molecular complexity index is 865. The van der Waals surface area contributed by atoms with Gasteiger partial charge in [0.05, 0.1) is 21.5 Å².